The zero-order valence-electron chi connectivity index (χ0n) is 16.0. The van der Waals surface area contributed by atoms with Crippen molar-refractivity contribution in [2.75, 3.05) is 30.4 Å². The van der Waals surface area contributed by atoms with Crippen molar-refractivity contribution in [1.29, 1.82) is 0 Å². The van der Waals surface area contributed by atoms with Crippen LogP contribution in [0.25, 0.3) is 0 Å². The molecule has 1 heterocycles. The van der Waals surface area contributed by atoms with Crippen molar-refractivity contribution < 1.29 is 4.74 Å². The number of anilines is 2. The first-order chi connectivity index (χ1) is 10.6. The molecule has 1 fully saturated rings. The first kappa shape index (κ1) is 18.0. The number of piperidine rings is 1. The van der Waals surface area contributed by atoms with Crippen molar-refractivity contribution in [3.05, 3.63) is 18.2 Å². The van der Waals surface area contributed by atoms with Gasteiger partial charge in [0.25, 0.3) is 0 Å². The van der Waals surface area contributed by atoms with Crippen LogP contribution in [0.1, 0.15) is 54.4 Å². The van der Waals surface area contributed by atoms with Crippen LogP contribution in [0.2, 0.25) is 0 Å². The number of nitrogens with zero attached hydrogens (tertiary/aromatic N) is 1. The molecule has 1 aliphatic heterocycles. The first-order valence-corrected chi connectivity index (χ1v) is 8.81. The molecule has 3 heteroatoms. The third-order valence-electron chi connectivity index (χ3n) is 4.78. The molecule has 1 aliphatic rings. The average molecular weight is 319 g/mol. The van der Waals surface area contributed by atoms with Crippen molar-refractivity contribution >= 4 is 11.4 Å². The van der Waals surface area contributed by atoms with Crippen molar-refractivity contribution in [2.24, 2.45) is 11.3 Å². The van der Waals surface area contributed by atoms with Crippen molar-refractivity contribution in [3.63, 3.8) is 0 Å². The summed E-state index contributed by atoms with van der Waals surface area (Å²) in [6.45, 7) is 15.9. The molecule has 0 aromatic heterocycles. The zero-order valence-corrected chi connectivity index (χ0v) is 16.0. The van der Waals surface area contributed by atoms with Crippen LogP contribution in [0.5, 0.6) is 5.75 Å². The van der Waals surface area contributed by atoms with E-state index in [4.69, 9.17) is 4.74 Å². The minimum Gasteiger partial charge on any atom is -0.495 e. The molecular weight excluding hydrogens is 284 g/mol. The van der Waals surface area contributed by atoms with Gasteiger partial charge in [-0.1, -0.05) is 20.8 Å². The third kappa shape index (κ3) is 4.79. The number of methoxy groups -OCH3 is 1. The normalized spacial score (nSPS) is 17.3. The molecule has 1 N–H and O–H groups in total. The second-order valence-corrected chi connectivity index (χ2v) is 8.89. The molecule has 130 valence electrons. The Morgan fingerprint density at radius 2 is 1.65 bits per heavy atom. The molecule has 2 rings (SSSR count). The Kier molecular flexibility index (Phi) is 5.17. The third-order valence-corrected chi connectivity index (χ3v) is 4.78. The quantitative estimate of drug-likeness (QED) is 0.832. The molecule has 0 bridgehead atoms. The molecule has 23 heavy (non-hydrogen) atoms. The van der Waals surface area contributed by atoms with Crippen molar-refractivity contribution in [2.45, 2.75) is 59.9 Å². The summed E-state index contributed by atoms with van der Waals surface area (Å²) in [6, 6.07) is 6.54. The van der Waals surface area contributed by atoms with E-state index in [1.807, 2.05) is 0 Å². The van der Waals surface area contributed by atoms with Gasteiger partial charge < -0.3 is 15.0 Å². The average Bonchev–Trinajstić information content (AvgIpc) is 2.45. The Morgan fingerprint density at radius 1 is 1.04 bits per heavy atom. The summed E-state index contributed by atoms with van der Waals surface area (Å²) in [7, 11) is 1.75. The van der Waals surface area contributed by atoms with Crippen molar-refractivity contribution in [1.82, 2.24) is 0 Å². The number of benzene rings is 1. The highest BCUT2D eigenvalue weighted by Crippen LogP contribution is 2.37. The summed E-state index contributed by atoms with van der Waals surface area (Å²) in [4.78, 5) is 2.49. The number of nitrogens with one attached hydrogen (secondary N) is 1. The van der Waals surface area contributed by atoms with E-state index < -0.39 is 0 Å². The molecule has 0 spiro atoms. The van der Waals surface area contributed by atoms with Crippen molar-refractivity contribution in [3.8, 4) is 5.75 Å². The maximum atomic E-state index is 5.61. The number of hydrogen-bond acceptors (Lipinski definition) is 3. The van der Waals surface area contributed by atoms with Crippen LogP contribution in [0.3, 0.4) is 0 Å². The van der Waals surface area contributed by atoms with Crippen LogP contribution < -0.4 is 15.0 Å². The molecule has 1 aromatic carbocycles. The van der Waals surface area contributed by atoms with Gasteiger partial charge in [0.1, 0.15) is 5.75 Å². The maximum absolute atomic E-state index is 5.61. The van der Waals surface area contributed by atoms with E-state index in [0.29, 0.717) is 5.41 Å². The Bertz CT molecular complexity index is 517. The van der Waals surface area contributed by atoms with Gasteiger partial charge >= 0.3 is 0 Å². The van der Waals surface area contributed by atoms with Gasteiger partial charge in [-0.3, -0.25) is 0 Å². The summed E-state index contributed by atoms with van der Waals surface area (Å²) in [5.41, 5.74) is 2.78. The lowest BCUT2D eigenvalue weighted by atomic mass is 9.75. The fourth-order valence-corrected chi connectivity index (χ4v) is 3.39. The van der Waals surface area contributed by atoms with Gasteiger partial charge in [-0.2, -0.15) is 0 Å². The summed E-state index contributed by atoms with van der Waals surface area (Å²) < 4.78 is 5.61. The summed E-state index contributed by atoms with van der Waals surface area (Å²) in [5, 5.41) is 3.51. The molecule has 0 atom stereocenters. The highest BCUT2D eigenvalue weighted by Gasteiger charge is 2.29. The second-order valence-electron chi connectivity index (χ2n) is 8.89. The monoisotopic (exact) mass is 318 g/mol. The Labute approximate surface area is 142 Å². The summed E-state index contributed by atoms with van der Waals surface area (Å²) >= 11 is 0. The molecular formula is C20H34N2O. The van der Waals surface area contributed by atoms with E-state index in [2.05, 4.69) is 70.0 Å². The predicted octanol–water partition coefficient (Wildman–Crippen LogP) is 5.17. The summed E-state index contributed by atoms with van der Waals surface area (Å²) in [5.74, 6) is 1.75. The molecule has 0 saturated carbocycles. The number of ether oxygens (including phenoxy) is 1. The predicted molar refractivity (Wildman–Crippen MR) is 101 cm³/mol. The van der Waals surface area contributed by atoms with Gasteiger partial charge in [0.15, 0.2) is 0 Å². The molecule has 0 aliphatic carbocycles. The van der Waals surface area contributed by atoms with Crippen LogP contribution in [0, 0.1) is 11.3 Å². The van der Waals surface area contributed by atoms with Gasteiger partial charge in [0.2, 0.25) is 0 Å². The van der Waals surface area contributed by atoms with Gasteiger partial charge in [-0.15, -0.1) is 0 Å². The summed E-state index contributed by atoms with van der Waals surface area (Å²) in [6.07, 6.45) is 2.54. The van der Waals surface area contributed by atoms with E-state index in [9.17, 15) is 0 Å². The fourth-order valence-electron chi connectivity index (χ4n) is 3.39. The maximum Gasteiger partial charge on any atom is 0.144 e. The van der Waals surface area contributed by atoms with Gasteiger partial charge in [0, 0.05) is 30.4 Å². The molecule has 0 radical (unpaired) electrons. The highest BCUT2D eigenvalue weighted by atomic mass is 16.5. The van der Waals surface area contributed by atoms with Gasteiger partial charge in [-0.05, 0) is 57.1 Å². The highest BCUT2D eigenvalue weighted by molar-refractivity contribution is 5.65. The van der Waals surface area contributed by atoms with Crippen LogP contribution in [0.15, 0.2) is 18.2 Å². The van der Waals surface area contributed by atoms with E-state index in [1.165, 1.54) is 18.5 Å². The largest absolute Gasteiger partial charge is 0.495 e. The lowest BCUT2D eigenvalue weighted by Gasteiger charge is -2.40. The van der Waals surface area contributed by atoms with E-state index in [0.717, 1.165) is 30.4 Å². The van der Waals surface area contributed by atoms with Crippen LogP contribution in [0.4, 0.5) is 11.4 Å². The minimum atomic E-state index is 0.0276. The second kappa shape index (κ2) is 6.62. The van der Waals surface area contributed by atoms with Crippen LogP contribution >= 0.6 is 0 Å². The minimum absolute atomic E-state index is 0.0276. The number of hydrogen-bond donors (Lipinski definition) is 1. The van der Waals surface area contributed by atoms with E-state index in [-0.39, 0.29) is 5.54 Å². The topological polar surface area (TPSA) is 24.5 Å². The standard InChI is InChI=1S/C20H34N2O/c1-19(2,3)15-10-12-22(13-11-15)16-8-9-17(18(14-16)23-7)21-20(4,5)6/h8-9,14-15,21H,10-13H2,1-7H3. The Hall–Kier alpha value is -1.38. The zero-order chi connectivity index (χ0) is 17.3. The lowest BCUT2D eigenvalue weighted by molar-refractivity contribution is 0.199. The van der Waals surface area contributed by atoms with E-state index in [1.54, 1.807) is 7.11 Å². The molecule has 3 nitrogen and oxygen atoms in total. The van der Waals surface area contributed by atoms with Crippen LogP contribution in [-0.2, 0) is 0 Å². The number of rotatable bonds is 3. The Morgan fingerprint density at radius 3 is 2.13 bits per heavy atom. The molecule has 1 aromatic rings. The lowest BCUT2D eigenvalue weighted by Crippen LogP contribution is -2.38. The Balaban J connectivity index is 2.10. The first-order valence-electron chi connectivity index (χ1n) is 8.81. The smallest absolute Gasteiger partial charge is 0.144 e. The van der Waals surface area contributed by atoms with Gasteiger partial charge in [0.05, 0.1) is 12.8 Å². The molecule has 1 saturated heterocycles. The van der Waals surface area contributed by atoms with Gasteiger partial charge in [-0.25, -0.2) is 0 Å². The fraction of sp³-hybridized carbons (Fsp3) is 0.700. The SMILES string of the molecule is COc1cc(N2CCC(C(C)(C)C)CC2)ccc1NC(C)(C)C. The van der Waals surface area contributed by atoms with Crippen LogP contribution in [-0.4, -0.2) is 25.7 Å². The molecule has 0 amide bonds. The molecule has 0 unspecified atom stereocenters. The van der Waals surface area contributed by atoms with E-state index >= 15 is 0 Å².